The summed E-state index contributed by atoms with van der Waals surface area (Å²) >= 11 is 0. The van der Waals surface area contributed by atoms with Crippen molar-refractivity contribution in [3.63, 3.8) is 0 Å². The van der Waals surface area contributed by atoms with Crippen molar-refractivity contribution in [1.82, 2.24) is 15.2 Å². The van der Waals surface area contributed by atoms with Gasteiger partial charge in [-0.3, -0.25) is 0 Å². The van der Waals surface area contributed by atoms with Crippen LogP contribution in [0.1, 0.15) is 17.3 Å². The highest BCUT2D eigenvalue weighted by Crippen LogP contribution is 2.18. The van der Waals surface area contributed by atoms with E-state index in [1.54, 1.807) is 43.3 Å². The van der Waals surface area contributed by atoms with E-state index in [2.05, 4.69) is 25.8 Å². The Morgan fingerprint density at radius 3 is 2.38 bits per heavy atom. The van der Waals surface area contributed by atoms with Crippen molar-refractivity contribution in [3.05, 3.63) is 66.1 Å². The number of rotatable bonds is 6. The molecule has 26 heavy (non-hydrogen) atoms. The van der Waals surface area contributed by atoms with Crippen molar-refractivity contribution < 1.29 is 13.9 Å². The van der Waals surface area contributed by atoms with Crippen LogP contribution in [-0.4, -0.2) is 27.8 Å². The first kappa shape index (κ1) is 17.3. The Hall–Kier alpha value is -3.55. The van der Waals surface area contributed by atoms with Crippen LogP contribution in [0.3, 0.4) is 0 Å². The van der Waals surface area contributed by atoms with Gasteiger partial charge in [-0.2, -0.15) is 10.1 Å². The van der Waals surface area contributed by atoms with Crippen molar-refractivity contribution in [2.24, 2.45) is 0 Å². The van der Waals surface area contributed by atoms with Gasteiger partial charge in [0.2, 0.25) is 5.95 Å². The molecule has 0 bridgehead atoms. The number of halogens is 1. The molecule has 1 aromatic heterocycles. The molecule has 2 aromatic carbocycles. The summed E-state index contributed by atoms with van der Waals surface area (Å²) in [5.41, 5.74) is 1.84. The number of carbonyl (C=O) groups excluding carboxylic acids is 1. The fourth-order valence-electron chi connectivity index (χ4n) is 2.13. The van der Waals surface area contributed by atoms with E-state index in [9.17, 15) is 9.18 Å². The quantitative estimate of drug-likeness (QED) is 0.654. The number of hydrogen-bond donors (Lipinski definition) is 2. The minimum Gasteiger partial charge on any atom is -0.462 e. The summed E-state index contributed by atoms with van der Waals surface area (Å²) in [6.45, 7) is 2.09. The molecule has 8 heteroatoms. The Balaban J connectivity index is 1.68. The molecule has 0 atom stereocenters. The number of anilines is 4. The number of hydrogen-bond acceptors (Lipinski definition) is 7. The van der Waals surface area contributed by atoms with Crippen molar-refractivity contribution in [3.8, 4) is 0 Å². The molecule has 3 rings (SSSR count). The van der Waals surface area contributed by atoms with Crippen LogP contribution in [0.4, 0.5) is 27.5 Å². The van der Waals surface area contributed by atoms with E-state index in [0.29, 0.717) is 23.7 Å². The second-order valence-electron chi connectivity index (χ2n) is 5.22. The van der Waals surface area contributed by atoms with Gasteiger partial charge in [0.05, 0.1) is 18.4 Å². The van der Waals surface area contributed by atoms with Gasteiger partial charge in [0, 0.05) is 11.4 Å². The summed E-state index contributed by atoms with van der Waals surface area (Å²) in [7, 11) is 0. The van der Waals surface area contributed by atoms with Gasteiger partial charge in [-0.05, 0) is 55.5 Å². The highest BCUT2D eigenvalue weighted by Gasteiger charge is 2.07. The molecular weight excluding hydrogens is 337 g/mol. The van der Waals surface area contributed by atoms with E-state index in [0.717, 1.165) is 5.69 Å². The highest BCUT2D eigenvalue weighted by atomic mass is 19.1. The Labute approximate surface area is 149 Å². The van der Waals surface area contributed by atoms with Crippen molar-refractivity contribution in [1.29, 1.82) is 0 Å². The minimum absolute atomic E-state index is 0.268. The molecular formula is C18H16FN5O2. The molecule has 0 saturated carbocycles. The Kier molecular flexibility index (Phi) is 5.33. The van der Waals surface area contributed by atoms with Gasteiger partial charge < -0.3 is 15.4 Å². The summed E-state index contributed by atoms with van der Waals surface area (Å²) in [5, 5.41) is 13.8. The zero-order valence-electron chi connectivity index (χ0n) is 13.9. The van der Waals surface area contributed by atoms with Gasteiger partial charge in [-0.1, -0.05) is 0 Å². The van der Waals surface area contributed by atoms with Crippen LogP contribution in [-0.2, 0) is 4.74 Å². The molecule has 0 radical (unpaired) electrons. The Morgan fingerprint density at radius 1 is 1.04 bits per heavy atom. The molecule has 3 aromatic rings. The molecule has 7 nitrogen and oxygen atoms in total. The first-order valence-corrected chi connectivity index (χ1v) is 7.90. The van der Waals surface area contributed by atoms with Crippen LogP contribution in [0.2, 0.25) is 0 Å². The number of aromatic nitrogens is 3. The van der Waals surface area contributed by atoms with E-state index in [-0.39, 0.29) is 17.7 Å². The van der Waals surface area contributed by atoms with E-state index < -0.39 is 0 Å². The van der Waals surface area contributed by atoms with Gasteiger partial charge in [0.1, 0.15) is 5.82 Å². The number of benzene rings is 2. The SMILES string of the molecule is CCOC(=O)c1ccc(Nc2cnnc(Nc3ccc(F)cc3)n2)cc1. The molecule has 0 fully saturated rings. The van der Waals surface area contributed by atoms with Gasteiger partial charge in [-0.25, -0.2) is 9.18 Å². The lowest BCUT2D eigenvalue weighted by atomic mass is 10.2. The maximum absolute atomic E-state index is 12.9. The van der Waals surface area contributed by atoms with E-state index in [1.165, 1.54) is 18.3 Å². The topological polar surface area (TPSA) is 89.0 Å². The van der Waals surface area contributed by atoms with Crippen LogP contribution in [0, 0.1) is 5.82 Å². The first-order chi connectivity index (χ1) is 12.6. The standard InChI is InChI=1S/C18H16FN5O2/c1-2-26-17(25)12-3-7-14(8-4-12)21-16-11-20-24-18(23-16)22-15-9-5-13(19)6-10-15/h3-11H,2H2,1H3,(H2,21,22,23,24). The lowest BCUT2D eigenvalue weighted by Crippen LogP contribution is -2.05. The molecule has 0 amide bonds. The normalized spacial score (nSPS) is 10.2. The van der Waals surface area contributed by atoms with Gasteiger partial charge in [-0.15, -0.1) is 5.10 Å². The molecule has 0 saturated heterocycles. The molecule has 0 spiro atoms. The molecule has 132 valence electrons. The fourth-order valence-corrected chi connectivity index (χ4v) is 2.13. The Bertz CT molecular complexity index is 885. The minimum atomic E-state index is -0.367. The number of nitrogens with one attached hydrogen (secondary N) is 2. The van der Waals surface area contributed by atoms with Crippen LogP contribution < -0.4 is 10.6 Å². The first-order valence-electron chi connectivity index (χ1n) is 7.90. The third-order valence-corrected chi connectivity index (χ3v) is 3.33. The average Bonchev–Trinajstić information content (AvgIpc) is 2.65. The van der Waals surface area contributed by atoms with Crippen molar-refractivity contribution in [2.45, 2.75) is 6.92 Å². The zero-order valence-corrected chi connectivity index (χ0v) is 13.9. The third-order valence-electron chi connectivity index (χ3n) is 3.33. The highest BCUT2D eigenvalue weighted by molar-refractivity contribution is 5.89. The van der Waals surface area contributed by atoms with Crippen LogP contribution in [0.25, 0.3) is 0 Å². The molecule has 2 N–H and O–H groups in total. The van der Waals surface area contributed by atoms with Crippen LogP contribution in [0.5, 0.6) is 0 Å². The van der Waals surface area contributed by atoms with E-state index in [1.807, 2.05) is 0 Å². The second-order valence-corrected chi connectivity index (χ2v) is 5.22. The predicted molar refractivity (Wildman–Crippen MR) is 95.2 cm³/mol. The largest absolute Gasteiger partial charge is 0.462 e. The number of ether oxygens (including phenoxy) is 1. The van der Waals surface area contributed by atoms with Crippen molar-refractivity contribution in [2.75, 3.05) is 17.2 Å². The number of esters is 1. The van der Waals surface area contributed by atoms with Gasteiger partial charge in [0.25, 0.3) is 0 Å². The summed E-state index contributed by atoms with van der Waals surface area (Å²) in [6.07, 6.45) is 1.47. The summed E-state index contributed by atoms with van der Waals surface area (Å²) in [4.78, 5) is 15.9. The monoisotopic (exact) mass is 353 g/mol. The molecule has 1 heterocycles. The molecule has 0 aliphatic rings. The lowest BCUT2D eigenvalue weighted by molar-refractivity contribution is 0.0526. The molecule has 0 aliphatic carbocycles. The number of nitrogens with zero attached hydrogens (tertiary/aromatic N) is 3. The number of carbonyl (C=O) groups is 1. The summed E-state index contributed by atoms with van der Waals surface area (Å²) in [5.74, 6) is 0.0445. The zero-order chi connectivity index (χ0) is 18.4. The fraction of sp³-hybridized carbons (Fsp3) is 0.111. The maximum Gasteiger partial charge on any atom is 0.338 e. The van der Waals surface area contributed by atoms with Crippen LogP contribution >= 0.6 is 0 Å². The summed E-state index contributed by atoms with van der Waals surface area (Å²) in [6, 6.07) is 12.6. The third kappa shape index (κ3) is 4.50. The van der Waals surface area contributed by atoms with Crippen molar-refractivity contribution >= 4 is 29.1 Å². The van der Waals surface area contributed by atoms with E-state index >= 15 is 0 Å². The summed E-state index contributed by atoms with van der Waals surface area (Å²) < 4.78 is 17.9. The van der Waals surface area contributed by atoms with Gasteiger partial charge in [0.15, 0.2) is 5.82 Å². The smallest absolute Gasteiger partial charge is 0.338 e. The molecule has 0 unspecified atom stereocenters. The van der Waals surface area contributed by atoms with Crippen LogP contribution in [0.15, 0.2) is 54.7 Å². The maximum atomic E-state index is 12.9. The van der Waals surface area contributed by atoms with Gasteiger partial charge >= 0.3 is 5.97 Å². The average molecular weight is 353 g/mol. The van der Waals surface area contributed by atoms with E-state index in [4.69, 9.17) is 4.74 Å². The predicted octanol–water partition coefficient (Wildman–Crippen LogP) is 3.67. The second kappa shape index (κ2) is 8.02. The molecule has 0 aliphatic heterocycles. The Morgan fingerprint density at radius 2 is 1.69 bits per heavy atom. The lowest BCUT2D eigenvalue weighted by Gasteiger charge is -2.08.